The van der Waals surface area contributed by atoms with Crippen LogP contribution in [0.4, 0.5) is 5.69 Å². The standard InChI is InChI=1S/C13H18N2O5S/c1-20-13(17)11-7-9(14)4-5-12(11)21(18,19)15-6-2-3-10(16)8-15/h4-5,7,10,16H,2-3,6,8,14H2,1H3. The molecule has 1 unspecified atom stereocenters. The molecule has 0 amide bonds. The summed E-state index contributed by atoms with van der Waals surface area (Å²) in [5.41, 5.74) is 5.78. The van der Waals surface area contributed by atoms with E-state index in [1.165, 1.54) is 29.6 Å². The normalized spacial score (nSPS) is 20.2. The summed E-state index contributed by atoms with van der Waals surface area (Å²) in [6.45, 7) is 0.331. The lowest BCUT2D eigenvalue weighted by atomic mass is 10.1. The van der Waals surface area contributed by atoms with Crippen LogP contribution in [0.1, 0.15) is 23.2 Å². The summed E-state index contributed by atoms with van der Waals surface area (Å²) in [6.07, 6.45) is 0.449. The SMILES string of the molecule is COC(=O)c1cc(N)ccc1S(=O)(=O)N1CCCC(O)C1. The van der Waals surface area contributed by atoms with Crippen molar-refractivity contribution in [2.24, 2.45) is 0 Å². The molecule has 21 heavy (non-hydrogen) atoms. The average Bonchev–Trinajstić information content (AvgIpc) is 2.46. The molecular formula is C13H18N2O5S. The number of aliphatic hydroxyl groups is 1. The van der Waals surface area contributed by atoms with Crippen molar-refractivity contribution in [3.8, 4) is 0 Å². The Bertz CT molecular complexity index is 644. The number of β-amino-alcohol motifs (C(OH)–C–C–N with tert-alkyl or cyclic N) is 1. The number of nitrogens with zero attached hydrogens (tertiary/aromatic N) is 1. The van der Waals surface area contributed by atoms with Crippen molar-refractivity contribution in [1.29, 1.82) is 0 Å². The molecule has 0 saturated carbocycles. The van der Waals surface area contributed by atoms with Gasteiger partial charge in [-0.15, -0.1) is 0 Å². The number of methoxy groups -OCH3 is 1. The maximum Gasteiger partial charge on any atom is 0.339 e. The highest BCUT2D eigenvalue weighted by Gasteiger charge is 2.32. The zero-order valence-corrected chi connectivity index (χ0v) is 12.5. The Hall–Kier alpha value is -1.64. The average molecular weight is 314 g/mol. The molecule has 2 rings (SSSR count). The molecule has 0 spiro atoms. The smallest absolute Gasteiger partial charge is 0.339 e. The van der Waals surface area contributed by atoms with E-state index in [0.717, 1.165) is 0 Å². The van der Waals surface area contributed by atoms with Crippen LogP contribution in [-0.4, -0.2) is 50.1 Å². The molecule has 8 heteroatoms. The van der Waals surface area contributed by atoms with Crippen LogP contribution in [0.25, 0.3) is 0 Å². The first-order valence-corrected chi connectivity index (χ1v) is 7.96. The molecule has 0 aliphatic carbocycles. The van der Waals surface area contributed by atoms with Crippen molar-refractivity contribution < 1.29 is 23.1 Å². The van der Waals surface area contributed by atoms with Gasteiger partial charge in [0.2, 0.25) is 10.0 Å². The number of sulfonamides is 1. The Labute approximate surface area is 123 Å². The fourth-order valence-corrected chi connectivity index (χ4v) is 4.00. The van der Waals surface area contributed by atoms with Crippen LogP contribution in [0.3, 0.4) is 0 Å². The van der Waals surface area contributed by atoms with Gasteiger partial charge in [-0.2, -0.15) is 4.31 Å². The Kier molecular flexibility index (Phi) is 4.50. The lowest BCUT2D eigenvalue weighted by molar-refractivity contribution is 0.0596. The summed E-state index contributed by atoms with van der Waals surface area (Å²) in [6, 6.07) is 3.98. The molecule has 7 nitrogen and oxygen atoms in total. The number of aliphatic hydroxyl groups excluding tert-OH is 1. The van der Waals surface area contributed by atoms with Gasteiger partial charge in [0.25, 0.3) is 0 Å². The van der Waals surface area contributed by atoms with Crippen LogP contribution in [0, 0.1) is 0 Å². The zero-order valence-electron chi connectivity index (χ0n) is 11.7. The van der Waals surface area contributed by atoms with E-state index in [1.54, 1.807) is 0 Å². The second-order valence-corrected chi connectivity index (χ2v) is 6.81. The van der Waals surface area contributed by atoms with Gasteiger partial charge in [-0.1, -0.05) is 0 Å². The highest BCUT2D eigenvalue weighted by atomic mass is 32.2. The summed E-state index contributed by atoms with van der Waals surface area (Å²) >= 11 is 0. The van der Waals surface area contributed by atoms with E-state index in [9.17, 15) is 18.3 Å². The maximum atomic E-state index is 12.7. The monoisotopic (exact) mass is 314 g/mol. The van der Waals surface area contributed by atoms with E-state index in [-0.39, 0.29) is 22.7 Å². The van der Waals surface area contributed by atoms with Gasteiger partial charge >= 0.3 is 5.97 Å². The quantitative estimate of drug-likeness (QED) is 0.609. The van der Waals surface area contributed by atoms with E-state index < -0.39 is 22.1 Å². The van der Waals surface area contributed by atoms with Crippen LogP contribution in [0.5, 0.6) is 0 Å². The first-order chi connectivity index (χ1) is 9.86. The maximum absolute atomic E-state index is 12.7. The fraction of sp³-hybridized carbons (Fsp3) is 0.462. The fourth-order valence-electron chi connectivity index (χ4n) is 2.32. The molecule has 0 bridgehead atoms. The molecule has 116 valence electrons. The number of carbonyl (C=O) groups is 1. The number of esters is 1. The number of benzene rings is 1. The molecule has 1 aromatic carbocycles. The molecule has 1 aliphatic heterocycles. The molecule has 1 fully saturated rings. The Morgan fingerprint density at radius 1 is 1.48 bits per heavy atom. The molecule has 1 atom stereocenters. The second kappa shape index (κ2) is 6.00. The van der Waals surface area contributed by atoms with Crippen LogP contribution < -0.4 is 5.73 Å². The summed E-state index contributed by atoms with van der Waals surface area (Å²) < 4.78 is 31.1. The Morgan fingerprint density at radius 3 is 2.81 bits per heavy atom. The van der Waals surface area contributed by atoms with Crippen molar-refractivity contribution in [2.45, 2.75) is 23.8 Å². The van der Waals surface area contributed by atoms with Crippen molar-refractivity contribution in [3.05, 3.63) is 23.8 Å². The van der Waals surface area contributed by atoms with E-state index in [1.807, 2.05) is 0 Å². The third kappa shape index (κ3) is 3.17. The third-order valence-electron chi connectivity index (χ3n) is 3.39. The molecule has 1 saturated heterocycles. The lowest BCUT2D eigenvalue weighted by Crippen LogP contribution is -2.42. The number of anilines is 1. The third-order valence-corrected chi connectivity index (χ3v) is 5.31. The van der Waals surface area contributed by atoms with Gasteiger partial charge in [0.05, 0.1) is 23.7 Å². The molecule has 0 radical (unpaired) electrons. The van der Waals surface area contributed by atoms with Gasteiger partial charge in [0, 0.05) is 18.8 Å². The molecule has 1 aliphatic rings. The molecule has 3 N–H and O–H groups in total. The van der Waals surface area contributed by atoms with Crippen molar-refractivity contribution in [2.75, 3.05) is 25.9 Å². The molecule has 0 aromatic heterocycles. The van der Waals surface area contributed by atoms with Crippen molar-refractivity contribution in [1.82, 2.24) is 4.31 Å². The number of piperidine rings is 1. The minimum absolute atomic E-state index is 0.0212. The van der Waals surface area contributed by atoms with Gasteiger partial charge in [0.15, 0.2) is 0 Å². The van der Waals surface area contributed by atoms with E-state index in [2.05, 4.69) is 4.74 Å². The van der Waals surface area contributed by atoms with Crippen molar-refractivity contribution in [3.63, 3.8) is 0 Å². The van der Waals surface area contributed by atoms with Gasteiger partial charge in [-0.05, 0) is 31.0 Å². The minimum atomic E-state index is -3.88. The summed E-state index contributed by atoms with van der Waals surface area (Å²) in [7, 11) is -2.71. The summed E-state index contributed by atoms with van der Waals surface area (Å²) in [5, 5.41) is 9.64. The van der Waals surface area contributed by atoms with Crippen molar-refractivity contribution >= 4 is 21.7 Å². The van der Waals surface area contributed by atoms with Crippen LogP contribution in [-0.2, 0) is 14.8 Å². The lowest BCUT2D eigenvalue weighted by Gasteiger charge is -2.29. The number of nitrogens with two attached hydrogens (primary N) is 1. The zero-order chi connectivity index (χ0) is 15.6. The van der Waals surface area contributed by atoms with Gasteiger partial charge in [-0.3, -0.25) is 0 Å². The van der Waals surface area contributed by atoms with Gasteiger partial charge in [0.1, 0.15) is 0 Å². The molecular weight excluding hydrogens is 296 g/mol. The van der Waals surface area contributed by atoms with E-state index >= 15 is 0 Å². The van der Waals surface area contributed by atoms with E-state index in [0.29, 0.717) is 19.4 Å². The second-order valence-electron chi connectivity index (χ2n) is 4.91. The number of hydrogen-bond donors (Lipinski definition) is 2. The minimum Gasteiger partial charge on any atom is -0.465 e. The topological polar surface area (TPSA) is 110 Å². The highest BCUT2D eigenvalue weighted by Crippen LogP contribution is 2.25. The molecule has 1 heterocycles. The summed E-state index contributed by atoms with van der Waals surface area (Å²) in [5.74, 6) is -0.765. The number of carbonyl (C=O) groups excluding carboxylic acids is 1. The van der Waals surface area contributed by atoms with Crippen LogP contribution in [0.2, 0.25) is 0 Å². The molecule has 1 aromatic rings. The van der Waals surface area contributed by atoms with Crippen LogP contribution >= 0.6 is 0 Å². The number of ether oxygens (including phenoxy) is 1. The van der Waals surface area contributed by atoms with E-state index in [4.69, 9.17) is 5.73 Å². The first-order valence-electron chi connectivity index (χ1n) is 6.52. The first kappa shape index (κ1) is 15.7. The number of rotatable bonds is 3. The number of hydrogen-bond acceptors (Lipinski definition) is 6. The van der Waals surface area contributed by atoms with Gasteiger partial charge in [-0.25, -0.2) is 13.2 Å². The largest absolute Gasteiger partial charge is 0.465 e. The van der Waals surface area contributed by atoms with Crippen LogP contribution in [0.15, 0.2) is 23.1 Å². The predicted molar refractivity (Wildman–Crippen MR) is 76.2 cm³/mol. The summed E-state index contributed by atoms with van der Waals surface area (Å²) in [4.78, 5) is 11.6. The highest BCUT2D eigenvalue weighted by molar-refractivity contribution is 7.89. The number of nitrogen functional groups attached to an aromatic ring is 1. The van der Waals surface area contributed by atoms with Gasteiger partial charge < -0.3 is 15.6 Å². The Balaban J connectivity index is 2.47. The predicted octanol–water partition coefficient (Wildman–Crippen LogP) is 0.201. The Morgan fingerprint density at radius 2 is 2.19 bits per heavy atom.